The van der Waals surface area contributed by atoms with E-state index in [-0.39, 0.29) is 11.8 Å². The highest BCUT2D eigenvalue weighted by Gasteiger charge is 2.24. The molecule has 0 atom stereocenters. The number of rotatable bonds is 5. The number of nitrogens with zero attached hydrogens (tertiary/aromatic N) is 5. The van der Waals surface area contributed by atoms with E-state index in [4.69, 9.17) is 0 Å². The molecule has 2 aliphatic rings. The van der Waals surface area contributed by atoms with Gasteiger partial charge in [0.05, 0.1) is 17.9 Å². The molecule has 0 saturated carbocycles. The Labute approximate surface area is 183 Å². The molecule has 0 radical (unpaired) electrons. The first-order valence-corrected chi connectivity index (χ1v) is 11.1. The smallest absolute Gasteiger partial charge is 0.246 e. The van der Waals surface area contributed by atoms with Crippen molar-refractivity contribution in [1.82, 2.24) is 24.5 Å². The zero-order chi connectivity index (χ0) is 21.8. The summed E-state index contributed by atoms with van der Waals surface area (Å²) in [7, 11) is 0. The third kappa shape index (κ3) is 4.88. The van der Waals surface area contributed by atoms with Crippen molar-refractivity contribution in [3.05, 3.63) is 53.4 Å². The maximum Gasteiger partial charge on any atom is 0.246 e. The van der Waals surface area contributed by atoms with Crippen molar-refractivity contribution in [3.63, 3.8) is 0 Å². The molecule has 0 N–H and O–H groups in total. The lowest BCUT2D eigenvalue weighted by Gasteiger charge is -2.34. The molecule has 0 bridgehead atoms. The van der Waals surface area contributed by atoms with Gasteiger partial charge in [0.15, 0.2) is 0 Å². The van der Waals surface area contributed by atoms with Gasteiger partial charge >= 0.3 is 0 Å². The highest BCUT2D eigenvalue weighted by Crippen LogP contribution is 2.19. The number of likely N-dealkylation sites (tertiary alicyclic amines) is 1. The molecule has 7 nitrogen and oxygen atoms in total. The molecule has 4 rings (SSSR count). The average molecular weight is 422 g/mol. The molecule has 2 saturated heterocycles. The van der Waals surface area contributed by atoms with Crippen LogP contribution in [0.5, 0.6) is 0 Å². The topological polar surface area (TPSA) is 61.7 Å². The number of hydrogen-bond acceptors (Lipinski definition) is 4. The van der Waals surface area contributed by atoms with Crippen LogP contribution in [0, 0.1) is 13.8 Å². The lowest BCUT2D eigenvalue weighted by molar-refractivity contribution is -0.132. The minimum absolute atomic E-state index is 0.0109. The summed E-state index contributed by atoms with van der Waals surface area (Å²) in [4.78, 5) is 31.0. The molecule has 164 valence electrons. The number of amides is 2. The van der Waals surface area contributed by atoms with Crippen LogP contribution in [0.1, 0.15) is 29.8 Å². The predicted molar refractivity (Wildman–Crippen MR) is 121 cm³/mol. The van der Waals surface area contributed by atoms with E-state index in [0.717, 1.165) is 61.7 Å². The second-order valence-corrected chi connectivity index (χ2v) is 8.35. The van der Waals surface area contributed by atoms with E-state index in [1.54, 1.807) is 6.08 Å². The monoisotopic (exact) mass is 421 g/mol. The van der Waals surface area contributed by atoms with E-state index in [1.807, 2.05) is 64.7 Å². The lowest BCUT2D eigenvalue weighted by atomic mass is 10.1. The molecule has 1 aromatic carbocycles. The minimum Gasteiger partial charge on any atom is -0.342 e. The minimum atomic E-state index is 0.0109. The Balaban J connectivity index is 1.33. The number of aryl methyl sites for hydroxylation is 1. The van der Waals surface area contributed by atoms with Crippen molar-refractivity contribution in [3.8, 4) is 5.69 Å². The van der Waals surface area contributed by atoms with Gasteiger partial charge in [-0.05, 0) is 44.9 Å². The van der Waals surface area contributed by atoms with Crippen molar-refractivity contribution in [2.24, 2.45) is 0 Å². The second-order valence-electron chi connectivity index (χ2n) is 8.35. The molecule has 2 amide bonds. The van der Waals surface area contributed by atoms with E-state index in [0.29, 0.717) is 19.6 Å². The first-order chi connectivity index (χ1) is 15.0. The van der Waals surface area contributed by atoms with Crippen LogP contribution in [0.25, 0.3) is 11.8 Å². The summed E-state index contributed by atoms with van der Waals surface area (Å²) >= 11 is 0. The zero-order valence-electron chi connectivity index (χ0n) is 18.5. The molecular weight excluding hydrogens is 390 g/mol. The molecule has 31 heavy (non-hydrogen) atoms. The number of para-hydroxylation sites is 1. The Kier molecular flexibility index (Phi) is 6.51. The lowest BCUT2D eigenvalue weighted by Crippen LogP contribution is -2.51. The quantitative estimate of drug-likeness (QED) is 0.695. The molecule has 2 aliphatic heterocycles. The Morgan fingerprint density at radius 3 is 2.29 bits per heavy atom. The maximum absolute atomic E-state index is 12.7. The van der Waals surface area contributed by atoms with E-state index in [9.17, 15) is 9.59 Å². The van der Waals surface area contributed by atoms with Gasteiger partial charge < -0.3 is 9.80 Å². The number of hydrogen-bond donors (Lipinski definition) is 0. The SMILES string of the molecule is Cc1nn(-c2ccccc2)c(C)c1/C=C/C(=O)N1CCN(CC(=O)N2CCCC2)CC1. The maximum atomic E-state index is 12.7. The van der Waals surface area contributed by atoms with Gasteiger partial charge in [0.2, 0.25) is 11.8 Å². The predicted octanol–water partition coefficient (Wildman–Crippen LogP) is 2.27. The fourth-order valence-electron chi connectivity index (χ4n) is 4.36. The largest absolute Gasteiger partial charge is 0.342 e. The van der Waals surface area contributed by atoms with Crippen LogP contribution in [0.2, 0.25) is 0 Å². The molecule has 0 spiro atoms. The molecule has 0 aliphatic carbocycles. The highest BCUT2D eigenvalue weighted by atomic mass is 16.2. The van der Waals surface area contributed by atoms with E-state index in [1.165, 1.54) is 0 Å². The third-order valence-corrected chi connectivity index (χ3v) is 6.24. The highest BCUT2D eigenvalue weighted by molar-refractivity contribution is 5.92. The van der Waals surface area contributed by atoms with E-state index >= 15 is 0 Å². The first-order valence-electron chi connectivity index (χ1n) is 11.1. The Hall–Kier alpha value is -2.93. The summed E-state index contributed by atoms with van der Waals surface area (Å²) in [6.45, 7) is 9.01. The third-order valence-electron chi connectivity index (χ3n) is 6.24. The second kappa shape index (κ2) is 9.47. The summed E-state index contributed by atoms with van der Waals surface area (Å²) in [5, 5.41) is 4.64. The Morgan fingerprint density at radius 2 is 1.61 bits per heavy atom. The van der Waals surface area contributed by atoms with Crippen LogP contribution in [0.4, 0.5) is 0 Å². The van der Waals surface area contributed by atoms with Crippen LogP contribution in [0.15, 0.2) is 36.4 Å². The standard InChI is InChI=1S/C24H31N5O2/c1-19-22(20(2)29(25-19)21-8-4-3-5-9-21)10-11-23(30)28-16-14-26(15-17-28)18-24(31)27-12-6-7-13-27/h3-5,8-11H,6-7,12-18H2,1-2H3/b11-10+. The summed E-state index contributed by atoms with van der Waals surface area (Å²) in [6.07, 6.45) is 5.76. The van der Waals surface area contributed by atoms with Crippen LogP contribution in [-0.4, -0.2) is 82.1 Å². The summed E-state index contributed by atoms with van der Waals surface area (Å²) < 4.78 is 1.91. The number of carbonyl (C=O) groups excluding carboxylic acids is 2. The number of aromatic nitrogens is 2. The Morgan fingerprint density at radius 1 is 0.935 bits per heavy atom. The van der Waals surface area contributed by atoms with E-state index < -0.39 is 0 Å². The van der Waals surface area contributed by atoms with Gasteiger partial charge in [-0.3, -0.25) is 14.5 Å². The van der Waals surface area contributed by atoms with Gasteiger partial charge in [0.25, 0.3) is 0 Å². The van der Waals surface area contributed by atoms with Gasteiger partial charge in [0.1, 0.15) is 0 Å². The van der Waals surface area contributed by atoms with Gasteiger partial charge in [-0.1, -0.05) is 18.2 Å². The molecule has 2 fully saturated rings. The number of carbonyl (C=O) groups is 2. The molecular formula is C24H31N5O2. The van der Waals surface area contributed by atoms with Crippen LogP contribution in [-0.2, 0) is 9.59 Å². The van der Waals surface area contributed by atoms with Crippen molar-refractivity contribution in [2.75, 3.05) is 45.8 Å². The van der Waals surface area contributed by atoms with Gasteiger partial charge in [0, 0.05) is 56.6 Å². The molecule has 7 heteroatoms. The molecule has 1 aromatic heterocycles. The van der Waals surface area contributed by atoms with Crippen LogP contribution < -0.4 is 0 Å². The molecule has 2 aromatic rings. The summed E-state index contributed by atoms with van der Waals surface area (Å²) in [5.41, 5.74) is 3.90. The fraction of sp³-hybridized carbons (Fsp3) is 0.458. The summed E-state index contributed by atoms with van der Waals surface area (Å²) in [5.74, 6) is 0.232. The van der Waals surface area contributed by atoms with Gasteiger partial charge in [-0.2, -0.15) is 5.10 Å². The summed E-state index contributed by atoms with van der Waals surface area (Å²) in [6, 6.07) is 10.0. The van der Waals surface area contributed by atoms with Crippen LogP contribution >= 0.6 is 0 Å². The Bertz CT molecular complexity index is 952. The average Bonchev–Trinajstić information content (AvgIpc) is 3.42. The van der Waals surface area contributed by atoms with Crippen molar-refractivity contribution in [2.45, 2.75) is 26.7 Å². The fourth-order valence-corrected chi connectivity index (χ4v) is 4.36. The van der Waals surface area contributed by atoms with E-state index in [2.05, 4.69) is 10.00 Å². The van der Waals surface area contributed by atoms with Crippen molar-refractivity contribution in [1.29, 1.82) is 0 Å². The normalized spacial score (nSPS) is 17.6. The zero-order valence-corrected chi connectivity index (χ0v) is 18.5. The molecule has 0 unspecified atom stereocenters. The van der Waals surface area contributed by atoms with Gasteiger partial charge in [-0.15, -0.1) is 0 Å². The van der Waals surface area contributed by atoms with Crippen molar-refractivity contribution >= 4 is 17.9 Å². The number of piperazine rings is 1. The molecule has 3 heterocycles. The number of benzene rings is 1. The van der Waals surface area contributed by atoms with Gasteiger partial charge in [-0.25, -0.2) is 4.68 Å². The van der Waals surface area contributed by atoms with Crippen LogP contribution in [0.3, 0.4) is 0 Å². The first kappa shape index (κ1) is 21.3. The van der Waals surface area contributed by atoms with Crippen molar-refractivity contribution < 1.29 is 9.59 Å².